The van der Waals surface area contributed by atoms with Gasteiger partial charge in [-0.05, 0) is 27.7 Å². The normalized spacial score (nSPS) is 9.33. The molecule has 86 valence electrons. The third-order valence-corrected chi connectivity index (χ3v) is 0.922. The van der Waals surface area contributed by atoms with Crippen LogP contribution in [0.4, 0.5) is 0 Å². The smallest absolute Gasteiger partial charge is 0.333 e. The van der Waals surface area contributed by atoms with Crippen LogP contribution >= 0.6 is 0 Å². The summed E-state index contributed by atoms with van der Waals surface area (Å²) < 4.78 is 4.96. The van der Waals surface area contributed by atoms with E-state index >= 15 is 0 Å². The van der Waals surface area contributed by atoms with Crippen LogP contribution in [0, 0.1) is 0 Å². The molecule has 0 bridgehead atoms. The Labute approximate surface area is 90.2 Å². The van der Waals surface area contributed by atoms with Crippen LogP contribution in [0.3, 0.4) is 0 Å². The lowest BCUT2D eigenvalue weighted by atomic mass is 10.2. The molecule has 15 heavy (non-hydrogen) atoms. The third kappa shape index (κ3) is 15.2. The standard InChI is InChI=1S/C8H14O2.C3H4O2/c1-6(2)7(9)10-8(3,4)5;1-2-3(4)5/h1H2,2-5H3;2H,1H2,(H,4,5). The van der Waals surface area contributed by atoms with E-state index in [9.17, 15) is 9.59 Å². The van der Waals surface area contributed by atoms with Crippen LogP contribution in [-0.2, 0) is 14.3 Å². The lowest BCUT2D eigenvalue weighted by Crippen LogP contribution is -2.23. The molecule has 0 aromatic carbocycles. The Morgan fingerprint density at radius 1 is 1.33 bits per heavy atom. The number of hydrogen-bond donors (Lipinski definition) is 1. The highest BCUT2D eigenvalue weighted by Crippen LogP contribution is 2.09. The Morgan fingerprint density at radius 2 is 1.67 bits per heavy atom. The molecule has 0 unspecified atom stereocenters. The third-order valence-electron chi connectivity index (χ3n) is 0.922. The number of carbonyl (C=O) groups is 2. The van der Waals surface area contributed by atoms with Crippen molar-refractivity contribution in [3.8, 4) is 0 Å². The van der Waals surface area contributed by atoms with Gasteiger partial charge in [-0.25, -0.2) is 9.59 Å². The first-order valence-electron chi connectivity index (χ1n) is 4.34. The molecule has 0 aromatic rings. The molecule has 1 N–H and O–H groups in total. The van der Waals surface area contributed by atoms with E-state index in [1.165, 1.54) is 0 Å². The molecule has 0 aliphatic carbocycles. The SMILES string of the molecule is C=C(C)C(=O)OC(C)(C)C.C=CC(=O)O. The van der Waals surface area contributed by atoms with Gasteiger partial charge in [-0.2, -0.15) is 0 Å². The minimum atomic E-state index is -0.981. The van der Waals surface area contributed by atoms with E-state index in [4.69, 9.17) is 9.84 Å². The molecule has 0 atom stereocenters. The molecule has 0 saturated heterocycles. The Hall–Kier alpha value is -1.58. The zero-order valence-corrected chi connectivity index (χ0v) is 9.66. The van der Waals surface area contributed by atoms with Crippen LogP contribution < -0.4 is 0 Å². The highest BCUT2D eigenvalue weighted by atomic mass is 16.6. The van der Waals surface area contributed by atoms with Crippen molar-refractivity contribution in [2.24, 2.45) is 0 Å². The average molecular weight is 214 g/mol. The fraction of sp³-hybridized carbons (Fsp3) is 0.455. The maximum absolute atomic E-state index is 10.8. The van der Waals surface area contributed by atoms with Crippen molar-refractivity contribution in [3.63, 3.8) is 0 Å². The van der Waals surface area contributed by atoms with Crippen molar-refractivity contribution in [2.45, 2.75) is 33.3 Å². The van der Waals surface area contributed by atoms with Gasteiger partial charge in [-0.3, -0.25) is 0 Å². The van der Waals surface area contributed by atoms with Gasteiger partial charge in [-0.15, -0.1) is 0 Å². The van der Waals surface area contributed by atoms with Crippen molar-refractivity contribution < 1.29 is 19.4 Å². The molecule has 0 rings (SSSR count). The fourth-order valence-corrected chi connectivity index (χ4v) is 0.365. The van der Waals surface area contributed by atoms with E-state index in [0.717, 1.165) is 6.08 Å². The van der Waals surface area contributed by atoms with Gasteiger partial charge in [-0.1, -0.05) is 13.2 Å². The van der Waals surface area contributed by atoms with Gasteiger partial charge in [0.05, 0.1) is 0 Å². The number of aliphatic carboxylic acids is 1. The first-order valence-corrected chi connectivity index (χ1v) is 4.34. The van der Waals surface area contributed by atoms with Crippen LogP contribution in [0.1, 0.15) is 27.7 Å². The second-order valence-electron chi connectivity index (χ2n) is 3.82. The minimum absolute atomic E-state index is 0.326. The first kappa shape index (κ1) is 15.9. The van der Waals surface area contributed by atoms with Crippen molar-refractivity contribution in [2.75, 3.05) is 0 Å². The number of ether oxygens (including phenoxy) is 1. The van der Waals surface area contributed by atoms with Gasteiger partial charge < -0.3 is 9.84 Å². The summed E-state index contributed by atoms with van der Waals surface area (Å²) in [4.78, 5) is 20.1. The number of esters is 1. The number of carbonyl (C=O) groups excluding carboxylic acids is 1. The lowest BCUT2D eigenvalue weighted by molar-refractivity contribution is -0.149. The second-order valence-corrected chi connectivity index (χ2v) is 3.82. The van der Waals surface area contributed by atoms with Gasteiger partial charge >= 0.3 is 11.9 Å². The monoisotopic (exact) mass is 214 g/mol. The van der Waals surface area contributed by atoms with Gasteiger partial charge in [0, 0.05) is 11.6 Å². The van der Waals surface area contributed by atoms with Crippen molar-refractivity contribution in [1.82, 2.24) is 0 Å². The summed E-state index contributed by atoms with van der Waals surface area (Å²) >= 11 is 0. The lowest BCUT2D eigenvalue weighted by Gasteiger charge is -2.19. The summed E-state index contributed by atoms with van der Waals surface area (Å²) in [5, 5.41) is 7.60. The predicted molar refractivity (Wildman–Crippen MR) is 58.5 cm³/mol. The Kier molecular flexibility index (Phi) is 7.21. The van der Waals surface area contributed by atoms with E-state index in [0.29, 0.717) is 5.57 Å². The topological polar surface area (TPSA) is 63.6 Å². The van der Waals surface area contributed by atoms with Crippen LogP contribution in [0.2, 0.25) is 0 Å². The van der Waals surface area contributed by atoms with Gasteiger partial charge in [0.2, 0.25) is 0 Å². The summed E-state index contributed by atoms with van der Waals surface area (Å²) in [7, 11) is 0. The largest absolute Gasteiger partial charge is 0.478 e. The number of rotatable bonds is 2. The average Bonchev–Trinajstić information content (AvgIpc) is 2.02. The Balaban J connectivity index is 0. The van der Waals surface area contributed by atoms with E-state index in [1.807, 2.05) is 20.8 Å². The molecule has 0 heterocycles. The summed E-state index contributed by atoms with van der Waals surface area (Å²) in [5.41, 5.74) is 0.0330. The zero-order chi connectivity index (χ0) is 12.6. The number of carboxylic acid groups (broad SMARTS) is 1. The molecule has 4 nitrogen and oxygen atoms in total. The van der Waals surface area contributed by atoms with Crippen molar-refractivity contribution in [3.05, 3.63) is 24.8 Å². The molecule has 0 aliphatic heterocycles. The maximum atomic E-state index is 10.8. The van der Waals surface area contributed by atoms with Crippen LogP contribution in [-0.4, -0.2) is 22.6 Å². The quantitative estimate of drug-likeness (QED) is 0.565. The van der Waals surface area contributed by atoms with Crippen LogP contribution in [0.5, 0.6) is 0 Å². The molecule has 0 amide bonds. The first-order chi connectivity index (χ1) is 6.60. The molecule has 0 aromatic heterocycles. The highest BCUT2D eigenvalue weighted by molar-refractivity contribution is 5.87. The van der Waals surface area contributed by atoms with E-state index < -0.39 is 11.6 Å². The number of carboxylic acids is 1. The van der Waals surface area contributed by atoms with E-state index in [1.54, 1.807) is 6.92 Å². The van der Waals surface area contributed by atoms with Crippen LogP contribution in [0.15, 0.2) is 24.8 Å². The number of hydrogen-bond acceptors (Lipinski definition) is 3. The van der Waals surface area contributed by atoms with Crippen LogP contribution in [0.25, 0.3) is 0 Å². The molecule has 0 radical (unpaired) electrons. The van der Waals surface area contributed by atoms with Crippen molar-refractivity contribution in [1.29, 1.82) is 0 Å². The molecule has 0 saturated carbocycles. The molecule has 0 fully saturated rings. The summed E-state index contributed by atoms with van der Waals surface area (Å²) in [6, 6.07) is 0. The predicted octanol–water partition coefficient (Wildman–Crippen LogP) is 2.16. The summed E-state index contributed by atoms with van der Waals surface area (Å²) in [5.74, 6) is -1.31. The summed E-state index contributed by atoms with van der Waals surface area (Å²) in [6.45, 7) is 13.5. The second kappa shape index (κ2) is 6.81. The molecule has 4 heteroatoms. The van der Waals surface area contributed by atoms with Gasteiger partial charge in [0.1, 0.15) is 5.60 Å². The molecular formula is C11H18O4. The minimum Gasteiger partial charge on any atom is -0.478 e. The Morgan fingerprint density at radius 3 is 1.73 bits per heavy atom. The van der Waals surface area contributed by atoms with E-state index in [2.05, 4.69) is 13.2 Å². The molecule has 0 aliphatic rings. The highest BCUT2D eigenvalue weighted by Gasteiger charge is 2.15. The van der Waals surface area contributed by atoms with Gasteiger partial charge in [0.25, 0.3) is 0 Å². The maximum Gasteiger partial charge on any atom is 0.333 e. The zero-order valence-electron chi connectivity index (χ0n) is 9.66. The van der Waals surface area contributed by atoms with E-state index in [-0.39, 0.29) is 5.97 Å². The Bertz CT molecular complexity index is 258. The van der Waals surface area contributed by atoms with Gasteiger partial charge in [0.15, 0.2) is 0 Å². The fourth-order valence-electron chi connectivity index (χ4n) is 0.365. The summed E-state index contributed by atoms with van der Waals surface area (Å²) in [6.07, 6.45) is 0.833. The molecule has 0 spiro atoms. The molecular weight excluding hydrogens is 196 g/mol. The van der Waals surface area contributed by atoms with Crippen molar-refractivity contribution >= 4 is 11.9 Å².